The lowest BCUT2D eigenvalue weighted by Gasteiger charge is -2.26. The molecule has 0 spiro atoms. The maximum absolute atomic E-state index is 13.0. The van der Waals surface area contributed by atoms with Crippen LogP contribution in [0.5, 0.6) is 0 Å². The number of para-hydroxylation sites is 3. The summed E-state index contributed by atoms with van der Waals surface area (Å²) in [6.07, 6.45) is 0.956. The lowest BCUT2D eigenvalue weighted by atomic mass is 10.1. The first-order valence-corrected chi connectivity index (χ1v) is 12.4. The van der Waals surface area contributed by atoms with E-state index in [9.17, 15) is 13.2 Å². The highest BCUT2D eigenvalue weighted by Crippen LogP contribution is 2.38. The van der Waals surface area contributed by atoms with Crippen molar-refractivity contribution >= 4 is 33.0 Å². The normalized spacial score (nSPS) is 16.4. The Balaban J connectivity index is 1.35. The standard InChI is InChI=1S/C25H25N3O4S/c29-25(20-9-11-21(12-10-20)33(30,31)27-15-17-32-18-16-27)26-22-6-2-4-8-24(22)28-14-13-19-5-1-3-7-23(19)28/h1-12H,13-18H2,(H,26,29). The molecule has 0 atom stereocenters. The summed E-state index contributed by atoms with van der Waals surface area (Å²) < 4.78 is 32.3. The number of nitrogens with zero attached hydrogens (tertiary/aromatic N) is 2. The van der Waals surface area contributed by atoms with Crippen LogP contribution in [0.2, 0.25) is 0 Å². The van der Waals surface area contributed by atoms with E-state index in [1.54, 1.807) is 12.1 Å². The van der Waals surface area contributed by atoms with Crippen LogP contribution in [0, 0.1) is 0 Å². The van der Waals surface area contributed by atoms with Gasteiger partial charge in [-0.2, -0.15) is 4.31 Å². The highest BCUT2D eigenvalue weighted by molar-refractivity contribution is 7.89. The largest absolute Gasteiger partial charge is 0.379 e. The molecule has 3 aromatic carbocycles. The van der Waals surface area contributed by atoms with Crippen LogP contribution < -0.4 is 10.2 Å². The number of nitrogens with one attached hydrogen (secondary N) is 1. The van der Waals surface area contributed by atoms with Gasteiger partial charge in [0.25, 0.3) is 5.91 Å². The van der Waals surface area contributed by atoms with E-state index in [1.807, 2.05) is 36.4 Å². The van der Waals surface area contributed by atoms with Crippen molar-refractivity contribution in [2.24, 2.45) is 0 Å². The molecule has 1 saturated heterocycles. The molecule has 0 radical (unpaired) electrons. The molecule has 7 nitrogen and oxygen atoms in total. The van der Waals surface area contributed by atoms with Crippen LogP contribution in [0.4, 0.5) is 17.1 Å². The van der Waals surface area contributed by atoms with Crippen LogP contribution in [-0.2, 0) is 21.2 Å². The molecule has 0 saturated carbocycles. The third-order valence-corrected chi connectivity index (χ3v) is 7.97. The molecule has 33 heavy (non-hydrogen) atoms. The molecule has 5 rings (SSSR count). The molecule has 1 N–H and O–H groups in total. The van der Waals surface area contributed by atoms with Gasteiger partial charge in [-0.3, -0.25) is 4.79 Å². The van der Waals surface area contributed by atoms with Gasteiger partial charge >= 0.3 is 0 Å². The van der Waals surface area contributed by atoms with Gasteiger partial charge in [0.1, 0.15) is 0 Å². The van der Waals surface area contributed by atoms with E-state index < -0.39 is 10.0 Å². The summed E-state index contributed by atoms with van der Waals surface area (Å²) in [5.74, 6) is -0.287. The number of rotatable bonds is 5. The van der Waals surface area contributed by atoms with Gasteiger partial charge in [0.2, 0.25) is 10.0 Å². The van der Waals surface area contributed by atoms with Crippen molar-refractivity contribution in [2.75, 3.05) is 43.1 Å². The molecule has 2 aliphatic heterocycles. The number of sulfonamides is 1. The van der Waals surface area contributed by atoms with Crippen molar-refractivity contribution in [3.05, 3.63) is 83.9 Å². The minimum absolute atomic E-state index is 0.176. The number of carbonyl (C=O) groups excluding carboxylic acids is 1. The average molecular weight is 464 g/mol. The number of hydrogen-bond acceptors (Lipinski definition) is 5. The number of ether oxygens (including phenoxy) is 1. The Labute approximate surface area is 193 Å². The zero-order valence-corrected chi connectivity index (χ0v) is 18.9. The number of amides is 1. The maximum atomic E-state index is 13.0. The molecule has 1 fully saturated rings. The summed E-state index contributed by atoms with van der Waals surface area (Å²) in [7, 11) is -3.59. The Morgan fingerprint density at radius 1 is 0.818 bits per heavy atom. The van der Waals surface area contributed by atoms with Gasteiger partial charge in [0.05, 0.1) is 29.5 Å². The number of hydrogen-bond donors (Lipinski definition) is 1. The number of morpholine rings is 1. The van der Waals surface area contributed by atoms with Crippen LogP contribution in [0.15, 0.2) is 77.7 Å². The second-order valence-electron chi connectivity index (χ2n) is 8.04. The van der Waals surface area contributed by atoms with Gasteiger partial charge in [0, 0.05) is 30.9 Å². The number of fused-ring (bicyclic) bond motifs is 1. The van der Waals surface area contributed by atoms with Gasteiger partial charge in [0.15, 0.2) is 0 Å². The summed E-state index contributed by atoms with van der Waals surface area (Å²) in [5, 5.41) is 3.00. The van der Waals surface area contributed by atoms with Crippen LogP contribution in [0.3, 0.4) is 0 Å². The predicted molar refractivity (Wildman–Crippen MR) is 128 cm³/mol. The molecule has 3 aromatic rings. The molecule has 0 aliphatic carbocycles. The van der Waals surface area contributed by atoms with Crippen molar-refractivity contribution in [1.82, 2.24) is 4.31 Å². The smallest absolute Gasteiger partial charge is 0.255 e. The van der Waals surface area contributed by atoms with E-state index in [1.165, 1.54) is 22.0 Å². The summed E-state index contributed by atoms with van der Waals surface area (Å²) in [5.41, 5.74) is 4.48. The Morgan fingerprint density at radius 3 is 2.24 bits per heavy atom. The van der Waals surface area contributed by atoms with Gasteiger partial charge < -0.3 is 15.0 Å². The van der Waals surface area contributed by atoms with E-state index >= 15 is 0 Å². The zero-order chi connectivity index (χ0) is 22.8. The van der Waals surface area contributed by atoms with Crippen LogP contribution in [0.1, 0.15) is 15.9 Å². The van der Waals surface area contributed by atoms with Crippen LogP contribution in [0.25, 0.3) is 0 Å². The summed E-state index contributed by atoms with van der Waals surface area (Å²) >= 11 is 0. The molecule has 2 heterocycles. The quantitative estimate of drug-likeness (QED) is 0.625. The lowest BCUT2D eigenvalue weighted by molar-refractivity contribution is 0.0730. The van der Waals surface area contributed by atoms with Crippen molar-refractivity contribution in [3.63, 3.8) is 0 Å². The first-order chi connectivity index (χ1) is 16.0. The fourth-order valence-electron chi connectivity index (χ4n) is 4.31. The fraction of sp³-hybridized carbons (Fsp3) is 0.240. The first kappa shape index (κ1) is 21.6. The second kappa shape index (κ2) is 8.97. The molecule has 0 aromatic heterocycles. The first-order valence-electron chi connectivity index (χ1n) is 11.0. The van der Waals surface area contributed by atoms with Crippen LogP contribution >= 0.6 is 0 Å². The third kappa shape index (κ3) is 4.25. The van der Waals surface area contributed by atoms with E-state index in [4.69, 9.17) is 4.74 Å². The van der Waals surface area contributed by atoms with Crippen molar-refractivity contribution < 1.29 is 17.9 Å². The Kier molecular flexibility index (Phi) is 5.88. The maximum Gasteiger partial charge on any atom is 0.255 e. The molecule has 0 unspecified atom stereocenters. The average Bonchev–Trinajstić information content (AvgIpc) is 3.29. The number of anilines is 3. The van der Waals surface area contributed by atoms with E-state index in [0.29, 0.717) is 37.6 Å². The fourth-order valence-corrected chi connectivity index (χ4v) is 5.72. The molecule has 1 amide bonds. The number of benzene rings is 3. The molecular weight excluding hydrogens is 438 g/mol. The summed E-state index contributed by atoms with van der Waals surface area (Å²) in [6, 6.07) is 22.1. The van der Waals surface area contributed by atoms with Gasteiger partial charge in [-0.15, -0.1) is 0 Å². The predicted octanol–water partition coefficient (Wildman–Crippen LogP) is 3.65. The van der Waals surface area contributed by atoms with Crippen molar-refractivity contribution in [1.29, 1.82) is 0 Å². The highest BCUT2D eigenvalue weighted by atomic mass is 32.2. The number of carbonyl (C=O) groups is 1. The Hall–Kier alpha value is -3.20. The minimum Gasteiger partial charge on any atom is -0.379 e. The Bertz CT molecular complexity index is 1270. The van der Waals surface area contributed by atoms with Crippen molar-refractivity contribution in [2.45, 2.75) is 11.3 Å². The van der Waals surface area contributed by atoms with E-state index in [2.05, 4.69) is 22.3 Å². The van der Waals surface area contributed by atoms with Gasteiger partial charge in [-0.05, 0) is 54.4 Å². The second-order valence-corrected chi connectivity index (χ2v) is 9.98. The molecule has 2 aliphatic rings. The molecule has 170 valence electrons. The molecule has 8 heteroatoms. The third-order valence-electron chi connectivity index (χ3n) is 6.05. The Morgan fingerprint density at radius 2 is 1.48 bits per heavy atom. The van der Waals surface area contributed by atoms with Crippen LogP contribution in [-0.4, -0.2) is 51.5 Å². The zero-order valence-electron chi connectivity index (χ0n) is 18.1. The van der Waals surface area contributed by atoms with E-state index in [-0.39, 0.29) is 10.8 Å². The molecular formula is C25H25N3O4S. The highest BCUT2D eigenvalue weighted by Gasteiger charge is 2.27. The van der Waals surface area contributed by atoms with Gasteiger partial charge in [-0.1, -0.05) is 30.3 Å². The summed E-state index contributed by atoms with van der Waals surface area (Å²) in [4.78, 5) is 15.4. The SMILES string of the molecule is O=C(Nc1ccccc1N1CCc2ccccc21)c1ccc(S(=O)(=O)N2CCOCC2)cc1. The lowest BCUT2D eigenvalue weighted by Crippen LogP contribution is -2.40. The molecule has 0 bridgehead atoms. The monoisotopic (exact) mass is 463 g/mol. The summed E-state index contributed by atoms with van der Waals surface area (Å²) in [6.45, 7) is 2.30. The minimum atomic E-state index is -3.59. The van der Waals surface area contributed by atoms with Gasteiger partial charge in [-0.25, -0.2) is 8.42 Å². The van der Waals surface area contributed by atoms with Crippen molar-refractivity contribution in [3.8, 4) is 0 Å². The topological polar surface area (TPSA) is 79.0 Å². The van der Waals surface area contributed by atoms with E-state index in [0.717, 1.165) is 24.3 Å².